The van der Waals surface area contributed by atoms with Crippen molar-refractivity contribution in [3.8, 4) is 0 Å². The van der Waals surface area contributed by atoms with Gasteiger partial charge in [0.15, 0.2) is 0 Å². The quantitative estimate of drug-likeness (QED) is 0.774. The van der Waals surface area contributed by atoms with Crippen molar-refractivity contribution in [2.24, 2.45) is 5.92 Å². The highest BCUT2D eigenvalue weighted by Crippen LogP contribution is 2.32. The number of carbonyl (C=O) groups excluding carboxylic acids is 2. The summed E-state index contributed by atoms with van der Waals surface area (Å²) >= 11 is 0. The minimum atomic E-state index is -0.248. The van der Waals surface area contributed by atoms with E-state index >= 15 is 0 Å². The molecule has 1 saturated carbocycles. The second-order valence-electron chi connectivity index (χ2n) is 9.55. The van der Waals surface area contributed by atoms with E-state index in [2.05, 4.69) is 9.97 Å². The van der Waals surface area contributed by atoms with Crippen LogP contribution in [0.4, 0.5) is 0 Å². The molecule has 1 N–H and O–H groups in total. The molecule has 174 valence electrons. The normalized spacial score (nSPS) is 21.2. The van der Waals surface area contributed by atoms with Gasteiger partial charge < -0.3 is 14.8 Å². The van der Waals surface area contributed by atoms with Crippen LogP contribution >= 0.6 is 0 Å². The van der Waals surface area contributed by atoms with Gasteiger partial charge in [0.1, 0.15) is 5.82 Å². The van der Waals surface area contributed by atoms with Crippen LogP contribution in [-0.4, -0.2) is 49.7 Å². The van der Waals surface area contributed by atoms with Crippen LogP contribution in [0.3, 0.4) is 0 Å². The van der Waals surface area contributed by atoms with Gasteiger partial charge in [0.05, 0.1) is 29.4 Å². The predicted octanol–water partition coefficient (Wildman–Crippen LogP) is 3.00. The molecule has 3 aliphatic rings. The van der Waals surface area contributed by atoms with Crippen LogP contribution in [0.1, 0.15) is 84.8 Å². The lowest BCUT2D eigenvalue weighted by atomic mass is 9.86. The number of aromatic nitrogens is 3. The number of pyridine rings is 1. The first-order chi connectivity index (χ1) is 16.1. The lowest BCUT2D eigenvalue weighted by Gasteiger charge is -2.31. The van der Waals surface area contributed by atoms with Crippen molar-refractivity contribution in [3.05, 3.63) is 57.5 Å². The second-order valence-corrected chi connectivity index (χ2v) is 9.55. The van der Waals surface area contributed by atoms with Gasteiger partial charge in [-0.15, -0.1) is 0 Å². The van der Waals surface area contributed by atoms with Gasteiger partial charge in [-0.25, -0.2) is 4.98 Å². The van der Waals surface area contributed by atoms with Crippen LogP contribution in [0.25, 0.3) is 0 Å². The lowest BCUT2D eigenvalue weighted by molar-refractivity contribution is -0.133. The summed E-state index contributed by atoms with van der Waals surface area (Å²) < 4.78 is 0. The first kappa shape index (κ1) is 21.8. The molecule has 2 aromatic rings. The average Bonchev–Trinajstić information content (AvgIpc) is 3.34. The molecule has 1 aliphatic carbocycles. The Labute approximate surface area is 193 Å². The third-order valence-electron chi connectivity index (χ3n) is 7.37. The van der Waals surface area contributed by atoms with Gasteiger partial charge in [0.2, 0.25) is 5.91 Å². The van der Waals surface area contributed by atoms with Crippen molar-refractivity contribution in [2.75, 3.05) is 13.1 Å². The van der Waals surface area contributed by atoms with E-state index in [9.17, 15) is 14.4 Å². The molecule has 2 aliphatic heterocycles. The maximum Gasteiger partial charge on any atom is 0.256 e. The van der Waals surface area contributed by atoms with Crippen molar-refractivity contribution in [1.82, 2.24) is 24.8 Å². The summed E-state index contributed by atoms with van der Waals surface area (Å²) in [5, 5.41) is 0. The molecule has 0 spiro atoms. The summed E-state index contributed by atoms with van der Waals surface area (Å²) in [6.07, 6.45) is 12.0. The molecular weight excluding hydrogens is 418 g/mol. The lowest BCUT2D eigenvalue weighted by Crippen LogP contribution is -2.41. The molecule has 0 radical (unpaired) electrons. The molecule has 2 amide bonds. The molecule has 4 heterocycles. The first-order valence-electron chi connectivity index (χ1n) is 12.2. The number of rotatable bonds is 4. The third kappa shape index (κ3) is 4.56. The summed E-state index contributed by atoms with van der Waals surface area (Å²) in [7, 11) is 0. The molecule has 33 heavy (non-hydrogen) atoms. The molecule has 8 nitrogen and oxygen atoms in total. The molecule has 5 rings (SSSR count). The molecule has 8 heteroatoms. The van der Waals surface area contributed by atoms with Crippen LogP contribution in [-0.2, 0) is 17.8 Å². The Morgan fingerprint density at radius 3 is 2.73 bits per heavy atom. The number of aromatic amines is 1. The smallest absolute Gasteiger partial charge is 0.256 e. The highest BCUT2D eigenvalue weighted by molar-refractivity contribution is 5.94. The van der Waals surface area contributed by atoms with E-state index in [0.717, 1.165) is 31.4 Å². The number of fused-ring (bicyclic) bond motifs is 1. The number of nitrogens with zero attached hydrogens (tertiary/aromatic N) is 4. The Morgan fingerprint density at radius 1 is 1.09 bits per heavy atom. The van der Waals surface area contributed by atoms with Gasteiger partial charge in [0, 0.05) is 38.3 Å². The van der Waals surface area contributed by atoms with E-state index in [-0.39, 0.29) is 23.4 Å². The second kappa shape index (κ2) is 9.45. The molecule has 1 atom stereocenters. The molecule has 2 aromatic heterocycles. The largest absolute Gasteiger partial charge is 0.338 e. The Bertz CT molecular complexity index is 1080. The minimum Gasteiger partial charge on any atom is -0.338 e. The van der Waals surface area contributed by atoms with Crippen LogP contribution in [0, 0.1) is 5.92 Å². The fraction of sp³-hybridized carbons (Fsp3) is 0.560. The Hall–Kier alpha value is -3.03. The van der Waals surface area contributed by atoms with Gasteiger partial charge in [-0.3, -0.25) is 19.4 Å². The number of nitrogens with one attached hydrogen (secondary N) is 1. The molecule has 1 unspecified atom stereocenters. The van der Waals surface area contributed by atoms with Crippen LogP contribution < -0.4 is 5.56 Å². The zero-order valence-corrected chi connectivity index (χ0v) is 19.0. The Balaban J connectivity index is 1.31. The summed E-state index contributed by atoms with van der Waals surface area (Å²) in [4.78, 5) is 54.3. The number of H-pyrrole nitrogens is 1. The SMILES string of the molecule is O=C(CC1CCCCC1)N1CCc2nc(C3CCCN3C(=O)c3cccnc3)[nH]c(=O)c2C1. The van der Waals surface area contributed by atoms with Crippen molar-refractivity contribution < 1.29 is 9.59 Å². The monoisotopic (exact) mass is 449 g/mol. The van der Waals surface area contributed by atoms with E-state index < -0.39 is 0 Å². The maximum atomic E-state index is 13.0. The minimum absolute atomic E-state index is 0.0922. The van der Waals surface area contributed by atoms with E-state index in [4.69, 9.17) is 4.98 Å². The molecule has 0 aromatic carbocycles. The van der Waals surface area contributed by atoms with E-state index in [0.29, 0.717) is 55.3 Å². The maximum absolute atomic E-state index is 13.0. The summed E-state index contributed by atoms with van der Waals surface area (Å²) in [5.41, 5.74) is 1.70. The summed E-state index contributed by atoms with van der Waals surface area (Å²) in [6, 6.07) is 3.26. The standard InChI is InChI=1S/C25H31N5O3/c31-22(14-17-6-2-1-3-7-17)29-13-10-20-19(16-29)24(32)28-23(27-20)21-9-5-12-30(21)25(33)18-8-4-11-26-15-18/h4,8,11,15,17,21H,1-3,5-7,9-10,12-14,16H2,(H,27,28,32). The third-order valence-corrected chi connectivity index (χ3v) is 7.37. The average molecular weight is 450 g/mol. The fourth-order valence-corrected chi connectivity index (χ4v) is 5.53. The fourth-order valence-electron chi connectivity index (χ4n) is 5.53. The van der Waals surface area contributed by atoms with Crippen molar-refractivity contribution in [3.63, 3.8) is 0 Å². The van der Waals surface area contributed by atoms with E-state index in [1.165, 1.54) is 19.3 Å². The van der Waals surface area contributed by atoms with Crippen LogP contribution in [0.5, 0.6) is 0 Å². The first-order valence-corrected chi connectivity index (χ1v) is 12.2. The van der Waals surface area contributed by atoms with Gasteiger partial charge in [-0.2, -0.15) is 0 Å². The molecular formula is C25H31N5O3. The van der Waals surface area contributed by atoms with Gasteiger partial charge in [0.25, 0.3) is 11.5 Å². The highest BCUT2D eigenvalue weighted by Gasteiger charge is 2.34. The topological polar surface area (TPSA) is 99.3 Å². The Kier molecular flexibility index (Phi) is 6.24. The van der Waals surface area contributed by atoms with E-state index in [1.807, 2.05) is 4.90 Å². The highest BCUT2D eigenvalue weighted by atomic mass is 16.2. The zero-order valence-electron chi connectivity index (χ0n) is 19.0. The van der Waals surface area contributed by atoms with Crippen LogP contribution in [0.15, 0.2) is 29.3 Å². The summed E-state index contributed by atoms with van der Waals surface area (Å²) in [5.74, 6) is 1.10. The number of likely N-dealkylation sites (tertiary alicyclic amines) is 1. The number of amides is 2. The number of hydrogen-bond donors (Lipinski definition) is 1. The zero-order chi connectivity index (χ0) is 22.8. The van der Waals surface area contributed by atoms with Gasteiger partial charge in [-0.1, -0.05) is 19.3 Å². The predicted molar refractivity (Wildman–Crippen MR) is 122 cm³/mol. The van der Waals surface area contributed by atoms with Crippen molar-refractivity contribution >= 4 is 11.8 Å². The van der Waals surface area contributed by atoms with Crippen LogP contribution in [0.2, 0.25) is 0 Å². The Morgan fingerprint density at radius 2 is 1.94 bits per heavy atom. The molecule has 2 fully saturated rings. The molecule has 0 bridgehead atoms. The van der Waals surface area contributed by atoms with E-state index in [1.54, 1.807) is 29.4 Å². The van der Waals surface area contributed by atoms with Crippen molar-refractivity contribution in [2.45, 2.75) is 70.4 Å². The van der Waals surface area contributed by atoms with Gasteiger partial charge in [-0.05, 0) is 43.7 Å². The number of hydrogen-bond acceptors (Lipinski definition) is 5. The number of carbonyl (C=O) groups is 2. The van der Waals surface area contributed by atoms with Gasteiger partial charge >= 0.3 is 0 Å². The molecule has 1 saturated heterocycles. The summed E-state index contributed by atoms with van der Waals surface area (Å²) in [6.45, 7) is 1.55. The van der Waals surface area contributed by atoms with Crippen molar-refractivity contribution in [1.29, 1.82) is 0 Å².